The first-order chi connectivity index (χ1) is 8.65. The minimum Gasteiger partial charge on any atom is -0.307 e. The van der Waals surface area contributed by atoms with Crippen molar-refractivity contribution >= 4 is 17.5 Å². The lowest BCUT2D eigenvalue weighted by molar-refractivity contribution is 0.262. The third-order valence-electron chi connectivity index (χ3n) is 2.45. The minimum atomic E-state index is -0.329. The second kappa shape index (κ2) is 5.27. The van der Waals surface area contributed by atoms with Crippen LogP contribution in [0.25, 0.3) is 0 Å². The zero-order valence-electron chi connectivity index (χ0n) is 10.3. The first kappa shape index (κ1) is 12.0. The third kappa shape index (κ3) is 3.04. The maximum Gasteiger partial charge on any atom is 0.324 e. The van der Waals surface area contributed by atoms with Crippen molar-refractivity contribution in [1.82, 2.24) is 9.97 Å². The van der Waals surface area contributed by atoms with Gasteiger partial charge in [0.05, 0.1) is 6.20 Å². The van der Waals surface area contributed by atoms with E-state index in [2.05, 4.69) is 20.6 Å². The number of nitrogens with one attached hydrogen (secondary N) is 2. The van der Waals surface area contributed by atoms with Gasteiger partial charge in [0.2, 0.25) is 0 Å². The normalized spacial score (nSPS) is 9.89. The highest BCUT2D eigenvalue weighted by molar-refractivity contribution is 5.99. The van der Waals surface area contributed by atoms with Gasteiger partial charge in [0.25, 0.3) is 0 Å². The van der Waals surface area contributed by atoms with Crippen LogP contribution in [0.1, 0.15) is 11.1 Å². The van der Waals surface area contributed by atoms with Crippen LogP contribution in [0.2, 0.25) is 0 Å². The summed E-state index contributed by atoms with van der Waals surface area (Å²) in [4.78, 5) is 19.6. The molecule has 2 rings (SSSR count). The molecule has 2 aromatic rings. The molecule has 0 saturated carbocycles. The number of hydrogen-bond donors (Lipinski definition) is 2. The van der Waals surface area contributed by atoms with Crippen LogP contribution in [0.5, 0.6) is 0 Å². The summed E-state index contributed by atoms with van der Waals surface area (Å²) < 4.78 is 0. The van der Waals surface area contributed by atoms with E-state index in [4.69, 9.17) is 0 Å². The highest BCUT2D eigenvalue weighted by atomic mass is 16.2. The van der Waals surface area contributed by atoms with Crippen LogP contribution in [0.4, 0.5) is 16.3 Å². The number of aryl methyl sites for hydroxylation is 2. The van der Waals surface area contributed by atoms with Gasteiger partial charge in [0.15, 0.2) is 5.82 Å². The van der Waals surface area contributed by atoms with Gasteiger partial charge in [-0.05, 0) is 31.0 Å². The van der Waals surface area contributed by atoms with Crippen LogP contribution < -0.4 is 10.6 Å². The maximum absolute atomic E-state index is 11.8. The highest BCUT2D eigenvalue weighted by Crippen LogP contribution is 2.16. The van der Waals surface area contributed by atoms with Crippen LogP contribution in [0.15, 0.2) is 36.8 Å². The Morgan fingerprint density at radius 1 is 1.17 bits per heavy atom. The highest BCUT2D eigenvalue weighted by Gasteiger charge is 2.05. The zero-order chi connectivity index (χ0) is 13.0. The summed E-state index contributed by atoms with van der Waals surface area (Å²) in [6.07, 6.45) is 4.56. The van der Waals surface area contributed by atoms with Crippen molar-refractivity contribution in [3.8, 4) is 0 Å². The molecule has 1 heterocycles. The molecule has 2 amide bonds. The van der Waals surface area contributed by atoms with Crippen LogP contribution in [0.3, 0.4) is 0 Å². The Labute approximate surface area is 105 Å². The smallest absolute Gasteiger partial charge is 0.307 e. The zero-order valence-corrected chi connectivity index (χ0v) is 10.3. The van der Waals surface area contributed by atoms with Crippen LogP contribution in [-0.4, -0.2) is 16.0 Å². The fourth-order valence-electron chi connectivity index (χ4n) is 1.50. The van der Waals surface area contributed by atoms with Gasteiger partial charge in [-0.2, -0.15) is 0 Å². The summed E-state index contributed by atoms with van der Waals surface area (Å²) in [6, 6.07) is 5.56. The van der Waals surface area contributed by atoms with Gasteiger partial charge in [-0.1, -0.05) is 12.1 Å². The number of carbonyl (C=O) groups excluding carboxylic acids is 1. The number of rotatable bonds is 2. The topological polar surface area (TPSA) is 66.9 Å². The maximum atomic E-state index is 11.8. The number of urea groups is 1. The Hall–Kier alpha value is -2.43. The predicted molar refractivity (Wildman–Crippen MR) is 70.6 cm³/mol. The second-order valence-corrected chi connectivity index (χ2v) is 3.99. The van der Waals surface area contributed by atoms with E-state index < -0.39 is 0 Å². The van der Waals surface area contributed by atoms with Crippen molar-refractivity contribution in [2.75, 3.05) is 10.6 Å². The number of benzene rings is 1. The summed E-state index contributed by atoms with van der Waals surface area (Å²) in [6.45, 7) is 3.92. The molecule has 1 aromatic carbocycles. The summed E-state index contributed by atoms with van der Waals surface area (Å²) in [7, 11) is 0. The molecule has 0 radical (unpaired) electrons. The van der Waals surface area contributed by atoms with Crippen LogP contribution in [0, 0.1) is 13.8 Å². The predicted octanol–water partition coefficient (Wildman–Crippen LogP) is 2.74. The average Bonchev–Trinajstić information content (AvgIpc) is 2.35. The SMILES string of the molecule is Cc1ccc(C)c(NC(=O)Nc2cnccn2)c1. The number of amides is 2. The molecule has 18 heavy (non-hydrogen) atoms. The van der Waals surface area contributed by atoms with Gasteiger partial charge < -0.3 is 5.32 Å². The Morgan fingerprint density at radius 2 is 2.00 bits per heavy atom. The van der Waals surface area contributed by atoms with E-state index in [1.54, 1.807) is 6.20 Å². The Bertz CT molecular complexity index is 554. The molecule has 1 aromatic heterocycles. The molecule has 0 aliphatic heterocycles. The van der Waals surface area contributed by atoms with Gasteiger partial charge in [-0.15, -0.1) is 0 Å². The van der Waals surface area contributed by atoms with E-state index in [0.29, 0.717) is 5.82 Å². The molecule has 0 aliphatic carbocycles. The number of carbonyl (C=O) groups is 1. The summed E-state index contributed by atoms with van der Waals surface area (Å²) in [5.74, 6) is 0.417. The summed E-state index contributed by atoms with van der Waals surface area (Å²) in [5.41, 5.74) is 2.89. The second-order valence-electron chi connectivity index (χ2n) is 3.99. The molecule has 0 fully saturated rings. The fourth-order valence-corrected chi connectivity index (χ4v) is 1.50. The largest absolute Gasteiger partial charge is 0.324 e. The fraction of sp³-hybridized carbons (Fsp3) is 0.154. The van der Waals surface area contributed by atoms with Gasteiger partial charge in [-0.25, -0.2) is 9.78 Å². The average molecular weight is 242 g/mol. The first-order valence-electron chi connectivity index (χ1n) is 5.56. The van der Waals surface area contributed by atoms with Crippen LogP contribution in [-0.2, 0) is 0 Å². The molecule has 5 nitrogen and oxygen atoms in total. The molecule has 5 heteroatoms. The van der Waals surface area contributed by atoms with E-state index in [-0.39, 0.29) is 6.03 Å². The van der Waals surface area contributed by atoms with Crippen molar-refractivity contribution in [3.63, 3.8) is 0 Å². The Morgan fingerprint density at radius 3 is 2.72 bits per heavy atom. The van der Waals surface area contributed by atoms with Crippen LogP contribution >= 0.6 is 0 Å². The summed E-state index contributed by atoms with van der Waals surface area (Å²) >= 11 is 0. The number of hydrogen-bond acceptors (Lipinski definition) is 3. The lowest BCUT2D eigenvalue weighted by Gasteiger charge is -2.09. The van der Waals surface area contributed by atoms with Gasteiger partial charge in [-0.3, -0.25) is 10.3 Å². The molecule has 0 atom stereocenters. The van der Waals surface area contributed by atoms with E-state index in [1.165, 1.54) is 12.4 Å². The molecular formula is C13H14N4O. The molecule has 0 aliphatic rings. The molecule has 0 spiro atoms. The molecule has 0 unspecified atom stereocenters. The number of anilines is 2. The van der Waals surface area contributed by atoms with Gasteiger partial charge in [0, 0.05) is 18.1 Å². The number of nitrogens with zero attached hydrogens (tertiary/aromatic N) is 2. The monoisotopic (exact) mass is 242 g/mol. The molecule has 0 bridgehead atoms. The van der Waals surface area contributed by atoms with Crippen molar-refractivity contribution in [2.45, 2.75) is 13.8 Å². The van der Waals surface area contributed by atoms with Crippen molar-refractivity contribution in [2.24, 2.45) is 0 Å². The van der Waals surface area contributed by atoms with E-state index in [1.807, 2.05) is 32.0 Å². The van der Waals surface area contributed by atoms with Gasteiger partial charge in [0.1, 0.15) is 0 Å². The number of aromatic nitrogens is 2. The lowest BCUT2D eigenvalue weighted by atomic mass is 10.1. The van der Waals surface area contributed by atoms with Crippen molar-refractivity contribution in [3.05, 3.63) is 47.9 Å². The molecule has 0 saturated heterocycles. The molecule has 2 N–H and O–H groups in total. The summed E-state index contributed by atoms with van der Waals surface area (Å²) in [5, 5.41) is 5.40. The quantitative estimate of drug-likeness (QED) is 0.850. The third-order valence-corrected chi connectivity index (χ3v) is 2.45. The molecular weight excluding hydrogens is 228 g/mol. The van der Waals surface area contributed by atoms with Crippen molar-refractivity contribution in [1.29, 1.82) is 0 Å². The standard InChI is InChI=1S/C13H14N4O/c1-9-3-4-10(2)11(7-9)16-13(18)17-12-8-14-5-6-15-12/h3-8H,1-2H3,(H2,15,16,17,18). The van der Waals surface area contributed by atoms with Crippen molar-refractivity contribution < 1.29 is 4.79 Å². The van der Waals surface area contributed by atoms with Gasteiger partial charge >= 0.3 is 6.03 Å². The van der Waals surface area contributed by atoms with E-state index in [0.717, 1.165) is 16.8 Å². The van der Waals surface area contributed by atoms with E-state index >= 15 is 0 Å². The van der Waals surface area contributed by atoms with E-state index in [9.17, 15) is 4.79 Å². The Balaban J connectivity index is 2.05. The lowest BCUT2D eigenvalue weighted by Crippen LogP contribution is -2.20. The molecule has 92 valence electrons. The first-order valence-corrected chi connectivity index (χ1v) is 5.56. The Kier molecular flexibility index (Phi) is 3.52. The minimum absolute atomic E-state index is 0.329.